The quantitative estimate of drug-likeness (QED) is 0.755. The standard InChI is InChI=1S/C11H18N2S/c1-9-4-5-12-8-11(9)10(2)13-6-7-14-3/h4-5,8,10,13H,6-7H2,1-3H3. The first-order valence-electron chi connectivity index (χ1n) is 4.88. The summed E-state index contributed by atoms with van der Waals surface area (Å²) in [6.45, 7) is 5.37. The van der Waals surface area contributed by atoms with Crippen LogP contribution in [0.25, 0.3) is 0 Å². The molecule has 0 amide bonds. The van der Waals surface area contributed by atoms with Crippen molar-refractivity contribution >= 4 is 11.8 Å². The molecule has 1 atom stereocenters. The van der Waals surface area contributed by atoms with E-state index in [1.165, 1.54) is 11.1 Å². The molecule has 0 radical (unpaired) electrons. The van der Waals surface area contributed by atoms with Gasteiger partial charge in [0.05, 0.1) is 0 Å². The molecule has 0 spiro atoms. The van der Waals surface area contributed by atoms with Crippen molar-refractivity contribution in [3.63, 3.8) is 0 Å². The maximum absolute atomic E-state index is 4.15. The van der Waals surface area contributed by atoms with Gasteiger partial charge in [0, 0.05) is 30.7 Å². The summed E-state index contributed by atoms with van der Waals surface area (Å²) in [7, 11) is 0. The van der Waals surface area contributed by atoms with Gasteiger partial charge >= 0.3 is 0 Å². The molecule has 2 nitrogen and oxygen atoms in total. The normalized spacial score (nSPS) is 12.8. The number of nitrogens with one attached hydrogen (secondary N) is 1. The second-order valence-corrected chi connectivity index (χ2v) is 4.39. The molecular weight excluding hydrogens is 192 g/mol. The largest absolute Gasteiger partial charge is 0.309 e. The molecule has 0 aromatic carbocycles. The minimum absolute atomic E-state index is 0.399. The minimum Gasteiger partial charge on any atom is -0.309 e. The highest BCUT2D eigenvalue weighted by molar-refractivity contribution is 7.98. The van der Waals surface area contributed by atoms with Crippen molar-refractivity contribution < 1.29 is 0 Å². The third-order valence-corrected chi connectivity index (χ3v) is 2.92. The summed E-state index contributed by atoms with van der Waals surface area (Å²) >= 11 is 1.86. The molecule has 0 fully saturated rings. The highest BCUT2D eigenvalue weighted by Crippen LogP contribution is 2.14. The smallest absolute Gasteiger partial charge is 0.0318 e. The van der Waals surface area contributed by atoms with Crippen molar-refractivity contribution in [1.82, 2.24) is 10.3 Å². The van der Waals surface area contributed by atoms with Crippen molar-refractivity contribution in [1.29, 1.82) is 0 Å². The fourth-order valence-electron chi connectivity index (χ4n) is 1.42. The molecule has 0 saturated carbocycles. The maximum atomic E-state index is 4.15. The van der Waals surface area contributed by atoms with E-state index in [2.05, 4.69) is 36.5 Å². The molecule has 14 heavy (non-hydrogen) atoms. The monoisotopic (exact) mass is 210 g/mol. The van der Waals surface area contributed by atoms with Crippen LogP contribution >= 0.6 is 11.8 Å². The van der Waals surface area contributed by atoms with Crippen LogP contribution in [0, 0.1) is 6.92 Å². The Morgan fingerprint density at radius 2 is 2.36 bits per heavy atom. The first kappa shape index (κ1) is 11.5. The van der Waals surface area contributed by atoms with Gasteiger partial charge < -0.3 is 5.32 Å². The highest BCUT2D eigenvalue weighted by atomic mass is 32.2. The summed E-state index contributed by atoms with van der Waals surface area (Å²) in [6, 6.07) is 2.46. The van der Waals surface area contributed by atoms with Crippen molar-refractivity contribution in [2.45, 2.75) is 19.9 Å². The average molecular weight is 210 g/mol. The molecule has 1 unspecified atom stereocenters. The number of aryl methyl sites for hydroxylation is 1. The lowest BCUT2D eigenvalue weighted by Crippen LogP contribution is -2.22. The molecule has 1 aromatic rings. The first-order chi connectivity index (χ1) is 6.75. The Kier molecular flexibility index (Phi) is 4.98. The zero-order chi connectivity index (χ0) is 10.4. The van der Waals surface area contributed by atoms with Gasteiger partial charge in [-0.3, -0.25) is 4.98 Å². The fourth-order valence-corrected chi connectivity index (χ4v) is 1.74. The van der Waals surface area contributed by atoms with Gasteiger partial charge in [0.2, 0.25) is 0 Å². The van der Waals surface area contributed by atoms with Crippen LogP contribution in [0.3, 0.4) is 0 Å². The Labute approximate surface area is 90.5 Å². The highest BCUT2D eigenvalue weighted by Gasteiger charge is 2.06. The van der Waals surface area contributed by atoms with Gasteiger partial charge in [0.1, 0.15) is 0 Å². The van der Waals surface area contributed by atoms with Gasteiger partial charge in [-0.2, -0.15) is 11.8 Å². The van der Waals surface area contributed by atoms with E-state index in [0.717, 1.165) is 12.3 Å². The molecule has 0 aliphatic rings. The minimum atomic E-state index is 0.399. The first-order valence-corrected chi connectivity index (χ1v) is 6.28. The number of aromatic nitrogens is 1. The zero-order valence-electron chi connectivity index (χ0n) is 9.08. The Bertz CT molecular complexity index is 276. The number of thioether (sulfide) groups is 1. The van der Waals surface area contributed by atoms with Crippen molar-refractivity contribution in [3.05, 3.63) is 29.6 Å². The Morgan fingerprint density at radius 1 is 1.57 bits per heavy atom. The van der Waals surface area contributed by atoms with Gasteiger partial charge in [0.25, 0.3) is 0 Å². The lowest BCUT2D eigenvalue weighted by atomic mass is 10.1. The number of nitrogens with zero attached hydrogens (tertiary/aromatic N) is 1. The third kappa shape index (κ3) is 3.31. The summed E-state index contributed by atoms with van der Waals surface area (Å²) in [5.74, 6) is 1.16. The number of pyridine rings is 1. The molecule has 1 aromatic heterocycles. The third-order valence-electron chi connectivity index (χ3n) is 2.30. The zero-order valence-corrected chi connectivity index (χ0v) is 9.90. The molecule has 1 N–H and O–H groups in total. The SMILES string of the molecule is CSCCNC(C)c1cnccc1C. The molecule has 0 bridgehead atoms. The number of hydrogen-bond donors (Lipinski definition) is 1. The van der Waals surface area contributed by atoms with Gasteiger partial charge in [-0.25, -0.2) is 0 Å². The van der Waals surface area contributed by atoms with Crippen LogP contribution in [0.1, 0.15) is 24.1 Å². The summed E-state index contributed by atoms with van der Waals surface area (Å²) in [6.07, 6.45) is 5.92. The van der Waals surface area contributed by atoms with E-state index >= 15 is 0 Å². The predicted octanol–water partition coefficient (Wildman–Crippen LogP) is 2.40. The van der Waals surface area contributed by atoms with Crippen LogP contribution in [-0.2, 0) is 0 Å². The Balaban J connectivity index is 2.51. The van der Waals surface area contributed by atoms with Crippen LogP contribution in [0.15, 0.2) is 18.5 Å². The van der Waals surface area contributed by atoms with Crippen LogP contribution in [-0.4, -0.2) is 23.5 Å². The number of hydrogen-bond acceptors (Lipinski definition) is 3. The molecule has 78 valence electrons. The van der Waals surface area contributed by atoms with Gasteiger partial charge in [-0.1, -0.05) is 0 Å². The second-order valence-electron chi connectivity index (χ2n) is 3.40. The molecular formula is C11H18N2S. The molecule has 1 rings (SSSR count). The van der Waals surface area contributed by atoms with Crippen LogP contribution in [0.2, 0.25) is 0 Å². The fraction of sp³-hybridized carbons (Fsp3) is 0.545. The molecule has 0 aliphatic heterocycles. The topological polar surface area (TPSA) is 24.9 Å². The van der Waals surface area contributed by atoms with Crippen molar-refractivity contribution in [3.8, 4) is 0 Å². The second kappa shape index (κ2) is 6.04. The molecule has 0 aliphatic carbocycles. The van der Waals surface area contributed by atoms with Gasteiger partial charge in [-0.05, 0) is 37.3 Å². The van der Waals surface area contributed by atoms with E-state index < -0.39 is 0 Å². The van der Waals surface area contributed by atoms with E-state index in [1.54, 1.807) is 0 Å². The lowest BCUT2D eigenvalue weighted by Gasteiger charge is -2.15. The lowest BCUT2D eigenvalue weighted by molar-refractivity contribution is 0.596. The molecule has 3 heteroatoms. The van der Waals surface area contributed by atoms with E-state index in [0.29, 0.717) is 6.04 Å². The van der Waals surface area contributed by atoms with Crippen LogP contribution in [0.5, 0.6) is 0 Å². The van der Waals surface area contributed by atoms with Gasteiger partial charge in [0.15, 0.2) is 0 Å². The summed E-state index contributed by atoms with van der Waals surface area (Å²) in [4.78, 5) is 4.15. The summed E-state index contributed by atoms with van der Waals surface area (Å²) in [5, 5.41) is 3.48. The van der Waals surface area contributed by atoms with Gasteiger partial charge in [-0.15, -0.1) is 0 Å². The van der Waals surface area contributed by atoms with Crippen molar-refractivity contribution in [2.24, 2.45) is 0 Å². The van der Waals surface area contributed by atoms with Crippen LogP contribution < -0.4 is 5.32 Å². The number of rotatable bonds is 5. The summed E-state index contributed by atoms with van der Waals surface area (Å²) < 4.78 is 0. The van der Waals surface area contributed by atoms with E-state index in [-0.39, 0.29) is 0 Å². The molecule has 1 heterocycles. The summed E-state index contributed by atoms with van der Waals surface area (Å²) in [5.41, 5.74) is 2.61. The predicted molar refractivity (Wildman–Crippen MR) is 63.8 cm³/mol. The van der Waals surface area contributed by atoms with Crippen LogP contribution in [0.4, 0.5) is 0 Å². The molecule has 0 saturated heterocycles. The van der Waals surface area contributed by atoms with E-state index in [4.69, 9.17) is 0 Å². The van der Waals surface area contributed by atoms with Crippen molar-refractivity contribution in [2.75, 3.05) is 18.6 Å². The van der Waals surface area contributed by atoms with E-state index in [9.17, 15) is 0 Å². The Morgan fingerprint density at radius 3 is 3.00 bits per heavy atom. The Hall–Kier alpha value is -0.540. The maximum Gasteiger partial charge on any atom is 0.0318 e. The average Bonchev–Trinajstić information content (AvgIpc) is 2.18. The van der Waals surface area contributed by atoms with E-state index in [1.807, 2.05) is 24.2 Å².